The maximum atomic E-state index is 12.7. The highest BCUT2D eigenvalue weighted by molar-refractivity contribution is 6.32. The van der Waals surface area contributed by atoms with E-state index >= 15 is 0 Å². The van der Waals surface area contributed by atoms with E-state index in [1.54, 1.807) is 36.3 Å². The number of carbonyl (C=O) groups excluding carboxylic acids is 1. The van der Waals surface area contributed by atoms with Gasteiger partial charge in [-0.25, -0.2) is 4.79 Å². The molecule has 0 saturated carbocycles. The molecule has 1 aromatic heterocycles. The van der Waals surface area contributed by atoms with Gasteiger partial charge in [-0.3, -0.25) is 9.36 Å². The number of fused-ring (bicyclic) bond motifs is 1. The van der Waals surface area contributed by atoms with Gasteiger partial charge in [0.15, 0.2) is 11.5 Å². The number of H-pyrrole nitrogens is 1. The Morgan fingerprint density at radius 1 is 1.25 bits per heavy atom. The highest BCUT2D eigenvalue weighted by atomic mass is 35.5. The molecular formula is C24H26ClN3O4. The number of likely N-dealkylation sites (tertiary alicyclic amines) is 1. The third-order valence-corrected chi connectivity index (χ3v) is 6.00. The van der Waals surface area contributed by atoms with Crippen LogP contribution in [-0.4, -0.2) is 47.2 Å². The van der Waals surface area contributed by atoms with Crippen molar-refractivity contribution in [3.8, 4) is 11.5 Å². The Labute approximate surface area is 191 Å². The van der Waals surface area contributed by atoms with Gasteiger partial charge in [-0.2, -0.15) is 0 Å². The first kappa shape index (κ1) is 22.0. The van der Waals surface area contributed by atoms with Crippen molar-refractivity contribution in [2.45, 2.75) is 25.8 Å². The summed E-state index contributed by atoms with van der Waals surface area (Å²) < 4.78 is 12.7. The first-order chi connectivity index (χ1) is 15.5. The van der Waals surface area contributed by atoms with Crippen LogP contribution in [0, 0.1) is 0 Å². The number of piperidine rings is 1. The molecule has 1 aliphatic heterocycles. The lowest BCUT2D eigenvalue weighted by atomic mass is 10.0. The second-order valence-corrected chi connectivity index (χ2v) is 8.08. The number of amides is 1. The highest BCUT2D eigenvalue weighted by Gasteiger charge is 2.25. The number of hydrogen-bond donors (Lipinski definition) is 1. The van der Waals surface area contributed by atoms with Crippen molar-refractivity contribution in [2.24, 2.45) is 0 Å². The van der Waals surface area contributed by atoms with Gasteiger partial charge in [-0.1, -0.05) is 23.7 Å². The van der Waals surface area contributed by atoms with Gasteiger partial charge in [0.05, 0.1) is 29.8 Å². The maximum Gasteiger partial charge on any atom is 0.326 e. The molecule has 1 saturated heterocycles. The number of nitrogens with zero attached hydrogens (tertiary/aromatic N) is 2. The fourth-order valence-electron chi connectivity index (χ4n) is 4.17. The lowest BCUT2D eigenvalue weighted by Crippen LogP contribution is -2.39. The molecule has 0 unspecified atom stereocenters. The minimum absolute atomic E-state index is 0.0702. The van der Waals surface area contributed by atoms with Crippen LogP contribution in [0.3, 0.4) is 0 Å². The number of hydrogen-bond acceptors (Lipinski definition) is 4. The minimum Gasteiger partial charge on any atom is -0.493 e. The number of imidazole rings is 1. The van der Waals surface area contributed by atoms with Crippen molar-refractivity contribution < 1.29 is 14.3 Å². The molecule has 8 heteroatoms. The molecule has 0 aliphatic carbocycles. The number of methoxy groups -OCH3 is 1. The Bertz CT molecular complexity index is 1210. The summed E-state index contributed by atoms with van der Waals surface area (Å²) >= 11 is 6.31. The van der Waals surface area contributed by atoms with E-state index < -0.39 is 0 Å². The van der Waals surface area contributed by atoms with Gasteiger partial charge in [-0.15, -0.1) is 0 Å². The van der Waals surface area contributed by atoms with Crippen LogP contribution in [0.15, 0.2) is 47.3 Å². The van der Waals surface area contributed by atoms with Crippen LogP contribution in [0.5, 0.6) is 11.5 Å². The van der Waals surface area contributed by atoms with Crippen LogP contribution < -0.4 is 15.2 Å². The topological polar surface area (TPSA) is 76.6 Å². The van der Waals surface area contributed by atoms with Crippen molar-refractivity contribution in [1.29, 1.82) is 0 Å². The zero-order valence-electron chi connectivity index (χ0n) is 18.1. The molecule has 0 radical (unpaired) electrons. The van der Waals surface area contributed by atoms with E-state index in [-0.39, 0.29) is 17.6 Å². The Morgan fingerprint density at radius 3 is 2.72 bits per heavy atom. The normalized spacial score (nSPS) is 14.9. The fourth-order valence-corrected chi connectivity index (χ4v) is 4.45. The van der Waals surface area contributed by atoms with E-state index in [1.165, 1.54) is 0 Å². The first-order valence-electron chi connectivity index (χ1n) is 10.7. The molecule has 1 amide bonds. The number of para-hydroxylation sites is 2. The minimum atomic E-state index is -0.0998. The average Bonchev–Trinajstić information content (AvgIpc) is 3.14. The predicted octanol–water partition coefficient (Wildman–Crippen LogP) is 4.27. The van der Waals surface area contributed by atoms with E-state index in [2.05, 4.69) is 4.98 Å². The first-order valence-corrected chi connectivity index (χ1v) is 11.1. The van der Waals surface area contributed by atoms with Gasteiger partial charge in [-0.05, 0) is 55.7 Å². The van der Waals surface area contributed by atoms with Crippen molar-refractivity contribution in [3.63, 3.8) is 0 Å². The van der Waals surface area contributed by atoms with Crippen LogP contribution in [0.4, 0.5) is 0 Å². The molecule has 32 heavy (non-hydrogen) atoms. The second kappa shape index (κ2) is 9.53. The van der Waals surface area contributed by atoms with Crippen molar-refractivity contribution in [2.75, 3.05) is 26.8 Å². The molecule has 7 nitrogen and oxygen atoms in total. The molecule has 1 fully saturated rings. The Hall–Kier alpha value is -3.19. The van der Waals surface area contributed by atoms with Crippen molar-refractivity contribution in [3.05, 3.63) is 63.5 Å². The highest BCUT2D eigenvalue weighted by Crippen LogP contribution is 2.36. The van der Waals surface area contributed by atoms with Crippen LogP contribution in [0.2, 0.25) is 5.02 Å². The average molecular weight is 456 g/mol. The number of carbonyl (C=O) groups is 1. The molecule has 3 aromatic rings. The van der Waals surface area contributed by atoms with E-state index in [4.69, 9.17) is 21.1 Å². The molecule has 2 aromatic carbocycles. The summed E-state index contributed by atoms with van der Waals surface area (Å²) in [7, 11) is 1.55. The summed E-state index contributed by atoms with van der Waals surface area (Å²) in [6.45, 7) is 3.53. The lowest BCUT2D eigenvalue weighted by Gasteiger charge is -2.32. The van der Waals surface area contributed by atoms with Gasteiger partial charge >= 0.3 is 5.69 Å². The van der Waals surface area contributed by atoms with Crippen LogP contribution >= 0.6 is 11.6 Å². The molecule has 1 aliphatic rings. The summed E-state index contributed by atoms with van der Waals surface area (Å²) in [6, 6.07) is 11.3. The summed E-state index contributed by atoms with van der Waals surface area (Å²) in [5.74, 6) is 0.949. The van der Waals surface area contributed by atoms with Crippen LogP contribution in [0.25, 0.3) is 17.1 Å². The molecule has 4 rings (SSSR count). The third-order valence-electron chi connectivity index (χ3n) is 5.72. The van der Waals surface area contributed by atoms with E-state index in [1.807, 2.05) is 35.8 Å². The van der Waals surface area contributed by atoms with E-state index in [0.717, 1.165) is 29.4 Å². The van der Waals surface area contributed by atoms with Gasteiger partial charge in [0.2, 0.25) is 5.91 Å². The summed E-state index contributed by atoms with van der Waals surface area (Å²) in [5, 5.41) is 0.434. The van der Waals surface area contributed by atoms with Gasteiger partial charge in [0.1, 0.15) is 0 Å². The Balaban J connectivity index is 1.43. The molecular weight excluding hydrogens is 430 g/mol. The molecule has 0 bridgehead atoms. The standard InChI is InChI=1S/C24H26ClN3O4/c1-3-32-23-18(25)14-16(15-21(23)31-2)8-9-22(29)27-12-10-17(11-13-27)28-20-7-5-4-6-19(20)26-24(28)30/h4-9,14-15,17H,3,10-13H2,1-2H3,(H,26,30)/b9-8+. The monoisotopic (exact) mass is 455 g/mol. The number of aromatic amines is 1. The van der Waals surface area contributed by atoms with E-state index in [0.29, 0.717) is 36.2 Å². The number of benzene rings is 2. The second-order valence-electron chi connectivity index (χ2n) is 7.67. The largest absolute Gasteiger partial charge is 0.493 e. The zero-order chi connectivity index (χ0) is 22.7. The quantitative estimate of drug-likeness (QED) is 0.563. The summed E-state index contributed by atoms with van der Waals surface area (Å²) in [4.78, 5) is 29.9. The van der Waals surface area contributed by atoms with Crippen molar-refractivity contribution >= 4 is 34.6 Å². The molecule has 168 valence electrons. The molecule has 1 N–H and O–H groups in total. The summed E-state index contributed by atoms with van der Waals surface area (Å²) in [6.07, 6.45) is 4.72. The molecule has 0 atom stereocenters. The number of nitrogens with one attached hydrogen (secondary N) is 1. The SMILES string of the molecule is CCOc1c(Cl)cc(/C=C/C(=O)N2CCC(n3c(=O)[nH]c4ccccc43)CC2)cc1OC. The number of aromatic nitrogens is 2. The van der Waals surface area contributed by atoms with Gasteiger partial charge < -0.3 is 19.4 Å². The van der Waals surface area contributed by atoms with Gasteiger partial charge in [0, 0.05) is 25.2 Å². The fraction of sp³-hybridized carbons (Fsp3) is 0.333. The van der Waals surface area contributed by atoms with Gasteiger partial charge in [0.25, 0.3) is 0 Å². The van der Waals surface area contributed by atoms with Crippen LogP contribution in [-0.2, 0) is 4.79 Å². The lowest BCUT2D eigenvalue weighted by molar-refractivity contribution is -0.127. The number of ether oxygens (including phenoxy) is 2. The maximum absolute atomic E-state index is 12.7. The Morgan fingerprint density at radius 2 is 2.00 bits per heavy atom. The molecule has 2 heterocycles. The predicted molar refractivity (Wildman–Crippen MR) is 126 cm³/mol. The van der Waals surface area contributed by atoms with E-state index in [9.17, 15) is 9.59 Å². The number of halogens is 1. The Kier molecular flexibility index (Phi) is 6.55. The van der Waals surface area contributed by atoms with Crippen LogP contribution in [0.1, 0.15) is 31.4 Å². The number of rotatable bonds is 6. The van der Waals surface area contributed by atoms with Crippen molar-refractivity contribution in [1.82, 2.24) is 14.5 Å². The zero-order valence-corrected chi connectivity index (χ0v) is 18.9. The summed E-state index contributed by atoms with van der Waals surface area (Å²) in [5.41, 5.74) is 2.40. The smallest absolute Gasteiger partial charge is 0.326 e. The third kappa shape index (κ3) is 4.39. The molecule has 0 spiro atoms.